The Balaban J connectivity index is 1.51. The number of benzene rings is 1. The molecule has 8 heteroatoms. The van der Waals surface area contributed by atoms with Gasteiger partial charge in [0.05, 0.1) is 29.5 Å². The molecular weight excluding hydrogens is 354 g/mol. The van der Waals surface area contributed by atoms with Crippen molar-refractivity contribution in [3.05, 3.63) is 47.9 Å². The molecule has 8 nitrogen and oxygen atoms in total. The molecule has 0 radical (unpaired) electrons. The number of nitrogens with zero attached hydrogens (tertiary/aromatic N) is 6. The van der Waals surface area contributed by atoms with E-state index in [1.165, 1.54) is 0 Å². The van der Waals surface area contributed by atoms with Gasteiger partial charge in [-0.15, -0.1) is 0 Å². The third-order valence-corrected chi connectivity index (χ3v) is 4.85. The van der Waals surface area contributed by atoms with Crippen molar-refractivity contribution in [1.29, 1.82) is 0 Å². The zero-order valence-corrected chi connectivity index (χ0v) is 16.3. The van der Waals surface area contributed by atoms with Crippen LogP contribution in [-0.2, 0) is 13.1 Å². The summed E-state index contributed by atoms with van der Waals surface area (Å²) in [5, 5.41) is 7.44. The Bertz CT molecular complexity index is 982. The van der Waals surface area contributed by atoms with E-state index >= 15 is 0 Å². The van der Waals surface area contributed by atoms with Crippen LogP contribution in [0.15, 0.2) is 36.5 Å². The molecule has 1 amide bonds. The molecule has 2 aromatic heterocycles. The molecule has 1 aliphatic heterocycles. The topological polar surface area (TPSA) is 79.2 Å². The van der Waals surface area contributed by atoms with Crippen LogP contribution in [0, 0.1) is 0 Å². The summed E-state index contributed by atoms with van der Waals surface area (Å²) in [4.78, 5) is 25.9. The van der Waals surface area contributed by atoms with E-state index in [0.29, 0.717) is 18.8 Å². The minimum absolute atomic E-state index is 0.125. The van der Waals surface area contributed by atoms with Gasteiger partial charge in [-0.05, 0) is 38.7 Å². The monoisotopic (exact) mass is 379 g/mol. The first-order valence-corrected chi connectivity index (χ1v) is 9.56. The number of fused-ring (bicyclic) bond motifs is 2. The summed E-state index contributed by atoms with van der Waals surface area (Å²) >= 11 is 0. The maximum absolute atomic E-state index is 12.4. The summed E-state index contributed by atoms with van der Waals surface area (Å²) in [7, 11) is 3.96. The Labute approximate surface area is 164 Å². The van der Waals surface area contributed by atoms with Crippen LogP contribution in [0.25, 0.3) is 11.0 Å². The van der Waals surface area contributed by atoms with E-state index in [-0.39, 0.29) is 5.91 Å². The predicted molar refractivity (Wildman–Crippen MR) is 108 cm³/mol. The second-order valence-corrected chi connectivity index (χ2v) is 7.30. The number of hydrogen-bond donors (Lipinski definition) is 1. The molecule has 1 aromatic carbocycles. The molecule has 0 unspecified atom stereocenters. The molecule has 0 aliphatic carbocycles. The maximum atomic E-state index is 12.4. The molecule has 0 spiro atoms. The second kappa shape index (κ2) is 7.93. The van der Waals surface area contributed by atoms with E-state index < -0.39 is 0 Å². The average Bonchev–Trinajstić information content (AvgIpc) is 2.99. The van der Waals surface area contributed by atoms with Crippen molar-refractivity contribution < 1.29 is 4.79 Å². The molecular formula is C20H25N7O. The van der Waals surface area contributed by atoms with E-state index in [4.69, 9.17) is 4.98 Å². The van der Waals surface area contributed by atoms with E-state index in [0.717, 1.165) is 48.6 Å². The molecule has 146 valence electrons. The van der Waals surface area contributed by atoms with Crippen molar-refractivity contribution in [3.63, 3.8) is 0 Å². The van der Waals surface area contributed by atoms with Gasteiger partial charge in [0.25, 0.3) is 5.91 Å². The van der Waals surface area contributed by atoms with Gasteiger partial charge >= 0.3 is 0 Å². The Morgan fingerprint density at radius 2 is 2.04 bits per heavy atom. The van der Waals surface area contributed by atoms with Crippen molar-refractivity contribution in [2.24, 2.45) is 0 Å². The molecule has 0 bridgehead atoms. The van der Waals surface area contributed by atoms with Crippen molar-refractivity contribution in [3.8, 4) is 0 Å². The highest BCUT2D eigenvalue weighted by molar-refractivity contribution is 5.92. The lowest BCUT2D eigenvalue weighted by Gasteiger charge is -2.20. The fraction of sp³-hybridized carbons (Fsp3) is 0.400. The van der Waals surface area contributed by atoms with Crippen molar-refractivity contribution in [1.82, 2.24) is 30.0 Å². The molecule has 0 saturated carbocycles. The quantitative estimate of drug-likeness (QED) is 0.724. The third-order valence-electron chi connectivity index (χ3n) is 4.85. The zero-order chi connectivity index (χ0) is 19.5. The Morgan fingerprint density at radius 3 is 2.86 bits per heavy atom. The van der Waals surface area contributed by atoms with Crippen LogP contribution in [0.3, 0.4) is 0 Å². The normalized spacial score (nSPS) is 14.2. The lowest BCUT2D eigenvalue weighted by molar-refractivity contribution is 0.0945. The lowest BCUT2D eigenvalue weighted by Crippen LogP contribution is -2.31. The number of amides is 1. The largest absolute Gasteiger partial charge is 0.349 e. The van der Waals surface area contributed by atoms with Crippen molar-refractivity contribution in [2.75, 3.05) is 38.6 Å². The van der Waals surface area contributed by atoms with Gasteiger partial charge in [-0.3, -0.25) is 14.5 Å². The molecule has 0 atom stereocenters. The van der Waals surface area contributed by atoms with Gasteiger partial charge in [-0.2, -0.15) is 5.10 Å². The molecule has 3 aromatic rings. The molecule has 4 rings (SSSR count). The van der Waals surface area contributed by atoms with Crippen LogP contribution >= 0.6 is 0 Å². The average molecular weight is 379 g/mol. The lowest BCUT2D eigenvalue weighted by atomic mass is 10.3. The zero-order valence-electron chi connectivity index (χ0n) is 16.3. The summed E-state index contributed by atoms with van der Waals surface area (Å²) in [5.74, 6) is 0.727. The number of para-hydroxylation sites is 2. The SMILES string of the molecule is CN(C)CCNC(=O)c1cc2n(n1)CCCN(c1cnc3ccccc3n1)C2. The van der Waals surface area contributed by atoms with E-state index in [1.54, 1.807) is 0 Å². The fourth-order valence-electron chi connectivity index (χ4n) is 3.35. The van der Waals surface area contributed by atoms with Gasteiger partial charge in [-0.25, -0.2) is 4.98 Å². The van der Waals surface area contributed by atoms with Gasteiger partial charge in [0.1, 0.15) is 5.82 Å². The number of rotatable bonds is 5. The highest BCUT2D eigenvalue weighted by Crippen LogP contribution is 2.21. The Morgan fingerprint density at radius 1 is 1.21 bits per heavy atom. The summed E-state index contributed by atoms with van der Waals surface area (Å²) in [6.07, 6.45) is 2.76. The number of anilines is 1. The van der Waals surface area contributed by atoms with Crippen molar-refractivity contribution in [2.45, 2.75) is 19.5 Å². The summed E-state index contributed by atoms with van der Waals surface area (Å²) < 4.78 is 1.94. The third kappa shape index (κ3) is 3.96. The molecule has 1 N–H and O–H groups in total. The highest BCUT2D eigenvalue weighted by Gasteiger charge is 2.20. The molecule has 1 aliphatic rings. The molecule has 3 heterocycles. The van der Waals surface area contributed by atoms with E-state index in [9.17, 15) is 4.79 Å². The molecule has 0 saturated heterocycles. The number of nitrogens with one attached hydrogen (secondary N) is 1. The second-order valence-electron chi connectivity index (χ2n) is 7.30. The highest BCUT2D eigenvalue weighted by atomic mass is 16.1. The first kappa shape index (κ1) is 18.4. The van der Waals surface area contributed by atoms with Crippen LogP contribution in [-0.4, -0.2) is 64.3 Å². The summed E-state index contributed by atoms with van der Waals surface area (Å²) in [5.41, 5.74) is 3.27. The van der Waals surface area contributed by atoms with Gasteiger partial charge in [0.15, 0.2) is 5.69 Å². The minimum Gasteiger partial charge on any atom is -0.349 e. The van der Waals surface area contributed by atoms with Crippen molar-refractivity contribution >= 4 is 22.8 Å². The number of aryl methyl sites for hydroxylation is 1. The van der Waals surface area contributed by atoms with Crippen LogP contribution in [0.4, 0.5) is 5.82 Å². The van der Waals surface area contributed by atoms with Gasteiger partial charge in [-0.1, -0.05) is 12.1 Å². The maximum Gasteiger partial charge on any atom is 0.271 e. The molecule has 28 heavy (non-hydrogen) atoms. The van der Waals surface area contributed by atoms with Crippen LogP contribution in [0.5, 0.6) is 0 Å². The first-order chi connectivity index (χ1) is 13.6. The molecule has 0 fully saturated rings. The number of likely N-dealkylation sites (N-methyl/N-ethyl adjacent to an activating group) is 1. The van der Waals surface area contributed by atoms with Crippen LogP contribution in [0.1, 0.15) is 22.6 Å². The number of hydrogen-bond acceptors (Lipinski definition) is 6. The van der Waals surface area contributed by atoms with Gasteiger partial charge < -0.3 is 15.1 Å². The van der Waals surface area contributed by atoms with Crippen LogP contribution < -0.4 is 10.2 Å². The Kier molecular flexibility index (Phi) is 5.21. The van der Waals surface area contributed by atoms with Gasteiger partial charge in [0, 0.05) is 26.2 Å². The first-order valence-electron chi connectivity index (χ1n) is 9.56. The van der Waals surface area contributed by atoms with Gasteiger partial charge in [0.2, 0.25) is 0 Å². The number of carbonyl (C=O) groups is 1. The fourth-order valence-corrected chi connectivity index (χ4v) is 3.35. The summed E-state index contributed by atoms with van der Waals surface area (Å²) in [6, 6.07) is 9.76. The number of carbonyl (C=O) groups excluding carboxylic acids is 1. The minimum atomic E-state index is -0.125. The Hall–Kier alpha value is -3.00. The predicted octanol–water partition coefficient (Wildman–Crippen LogP) is 1.53. The van der Waals surface area contributed by atoms with Crippen LogP contribution in [0.2, 0.25) is 0 Å². The smallest absolute Gasteiger partial charge is 0.271 e. The number of aromatic nitrogens is 4. The van der Waals surface area contributed by atoms with E-state index in [2.05, 4.69) is 20.3 Å². The standard InChI is InChI=1S/C20H25N7O/c1-25(2)11-8-21-20(28)18-12-15-14-26(9-5-10-27(15)24-18)19-13-22-16-6-3-4-7-17(16)23-19/h3-4,6-7,12-13H,5,8-11,14H2,1-2H3,(H,21,28). The summed E-state index contributed by atoms with van der Waals surface area (Å²) in [6.45, 7) is 3.73. The van der Waals surface area contributed by atoms with E-state index in [1.807, 2.05) is 60.2 Å².